The first-order chi connectivity index (χ1) is 11.5. The normalized spacial score (nSPS) is 10.8. The molecule has 122 valence electrons. The molecule has 24 heavy (non-hydrogen) atoms. The molecule has 3 rings (SSSR count). The molecular weight excluding hydrogens is 326 g/mol. The summed E-state index contributed by atoms with van der Waals surface area (Å²) in [5, 5.41) is 0. The number of halogens is 2. The van der Waals surface area contributed by atoms with Crippen LogP contribution in [0.25, 0.3) is 21.6 Å². The maximum absolute atomic E-state index is 14.2. The third kappa shape index (κ3) is 2.89. The molecule has 0 saturated carbocycles. The predicted molar refractivity (Wildman–Crippen MR) is 94.5 cm³/mol. The lowest BCUT2D eigenvalue weighted by molar-refractivity contribution is 0.0992. The number of rotatable bonds is 4. The minimum atomic E-state index is -0.616. The average Bonchev–Trinajstić information content (AvgIpc) is 2.92. The van der Waals surface area contributed by atoms with Gasteiger partial charge in [0.1, 0.15) is 11.6 Å². The maximum Gasteiger partial charge on any atom is 0.173 e. The van der Waals surface area contributed by atoms with E-state index < -0.39 is 11.6 Å². The predicted octanol–water partition coefficient (Wildman–Crippen LogP) is 6.26. The van der Waals surface area contributed by atoms with E-state index in [1.54, 1.807) is 0 Å². The van der Waals surface area contributed by atoms with Crippen molar-refractivity contribution in [1.82, 2.24) is 0 Å². The molecule has 4 heteroatoms. The van der Waals surface area contributed by atoms with E-state index in [1.165, 1.54) is 23.5 Å². The van der Waals surface area contributed by atoms with E-state index >= 15 is 0 Å². The van der Waals surface area contributed by atoms with Gasteiger partial charge in [0.15, 0.2) is 5.78 Å². The Morgan fingerprint density at radius 2 is 1.79 bits per heavy atom. The number of ketones is 1. The molecule has 1 nitrogen and oxygen atoms in total. The van der Waals surface area contributed by atoms with Gasteiger partial charge in [-0.25, -0.2) is 8.78 Å². The molecule has 0 spiro atoms. The Morgan fingerprint density at radius 3 is 2.42 bits per heavy atom. The van der Waals surface area contributed by atoms with Crippen molar-refractivity contribution >= 4 is 17.1 Å². The molecule has 0 N–H and O–H groups in total. The highest BCUT2D eigenvalue weighted by atomic mass is 32.1. The molecule has 0 aliphatic heterocycles. The molecule has 0 amide bonds. The Morgan fingerprint density at radius 1 is 1.08 bits per heavy atom. The van der Waals surface area contributed by atoms with Crippen molar-refractivity contribution in [1.29, 1.82) is 0 Å². The van der Waals surface area contributed by atoms with Gasteiger partial charge in [-0.3, -0.25) is 4.79 Å². The van der Waals surface area contributed by atoms with Crippen LogP contribution in [0.3, 0.4) is 0 Å². The van der Waals surface area contributed by atoms with Crippen LogP contribution in [0, 0.1) is 18.6 Å². The number of carbonyl (C=O) groups is 1. The first-order valence-electron chi connectivity index (χ1n) is 7.70. The van der Waals surface area contributed by atoms with Gasteiger partial charge in [-0.05, 0) is 30.2 Å². The fourth-order valence-electron chi connectivity index (χ4n) is 2.75. The third-order valence-electron chi connectivity index (χ3n) is 3.96. The average molecular weight is 342 g/mol. The molecule has 0 fully saturated rings. The molecule has 0 saturated heterocycles. The molecule has 1 heterocycles. The van der Waals surface area contributed by atoms with Crippen LogP contribution in [0.5, 0.6) is 0 Å². The van der Waals surface area contributed by atoms with Crippen LogP contribution in [0.15, 0.2) is 48.5 Å². The van der Waals surface area contributed by atoms with Crippen LogP contribution in [0.1, 0.15) is 28.6 Å². The zero-order valence-corrected chi connectivity index (χ0v) is 14.2. The lowest BCUT2D eigenvalue weighted by Crippen LogP contribution is -1.95. The van der Waals surface area contributed by atoms with E-state index in [1.807, 2.05) is 44.2 Å². The van der Waals surface area contributed by atoms with Crippen molar-refractivity contribution in [2.24, 2.45) is 0 Å². The highest BCUT2D eigenvalue weighted by Crippen LogP contribution is 2.43. The molecule has 2 aromatic carbocycles. The molecule has 0 aliphatic carbocycles. The Bertz CT molecular complexity index is 898. The van der Waals surface area contributed by atoms with Crippen LogP contribution in [-0.4, -0.2) is 5.78 Å². The summed E-state index contributed by atoms with van der Waals surface area (Å²) in [7, 11) is 0. The number of carbonyl (C=O) groups excluding carboxylic acids is 1. The smallest absolute Gasteiger partial charge is 0.173 e. The van der Waals surface area contributed by atoms with Gasteiger partial charge in [0.25, 0.3) is 0 Å². The SMILES string of the molecule is CCC(=O)c1sc(-c2ccc(F)cc2F)c(C)c1-c1ccccc1. The first kappa shape index (κ1) is 16.5. The van der Waals surface area contributed by atoms with Gasteiger partial charge in [0.05, 0.1) is 4.88 Å². The van der Waals surface area contributed by atoms with Crippen LogP contribution < -0.4 is 0 Å². The van der Waals surface area contributed by atoms with E-state index in [0.717, 1.165) is 22.8 Å². The van der Waals surface area contributed by atoms with Crippen molar-refractivity contribution < 1.29 is 13.6 Å². The highest BCUT2D eigenvalue weighted by Gasteiger charge is 2.22. The van der Waals surface area contributed by atoms with Crippen molar-refractivity contribution in [3.8, 4) is 21.6 Å². The Kier molecular flexibility index (Phi) is 4.58. The third-order valence-corrected chi connectivity index (χ3v) is 5.33. The molecule has 1 aromatic heterocycles. The highest BCUT2D eigenvalue weighted by molar-refractivity contribution is 7.18. The van der Waals surface area contributed by atoms with Crippen molar-refractivity contribution in [3.05, 3.63) is 70.6 Å². The fourth-order valence-corrected chi connectivity index (χ4v) is 4.12. The van der Waals surface area contributed by atoms with Gasteiger partial charge in [-0.1, -0.05) is 37.3 Å². The van der Waals surface area contributed by atoms with Gasteiger partial charge in [0, 0.05) is 28.5 Å². The molecule has 0 radical (unpaired) electrons. The molecule has 0 aliphatic rings. The minimum absolute atomic E-state index is 0.0238. The van der Waals surface area contributed by atoms with Crippen molar-refractivity contribution in [2.75, 3.05) is 0 Å². The Hall–Kier alpha value is -2.33. The van der Waals surface area contributed by atoms with Crippen LogP contribution in [0.4, 0.5) is 8.78 Å². The second-order valence-corrected chi connectivity index (χ2v) is 6.55. The first-order valence-corrected chi connectivity index (χ1v) is 8.52. The summed E-state index contributed by atoms with van der Waals surface area (Å²) in [5.74, 6) is -1.20. The van der Waals surface area contributed by atoms with Gasteiger partial charge >= 0.3 is 0 Å². The van der Waals surface area contributed by atoms with Crippen molar-refractivity contribution in [3.63, 3.8) is 0 Å². The van der Waals surface area contributed by atoms with Gasteiger partial charge in [-0.2, -0.15) is 0 Å². The van der Waals surface area contributed by atoms with E-state index in [2.05, 4.69) is 0 Å². The Labute approximate surface area is 143 Å². The standard InChI is InChI=1S/C20H16F2OS/c1-3-17(23)20-18(13-7-5-4-6-8-13)12(2)19(24-20)15-10-9-14(21)11-16(15)22/h4-11H,3H2,1-2H3. The number of hydrogen-bond acceptors (Lipinski definition) is 2. The summed E-state index contributed by atoms with van der Waals surface area (Å²) in [5.41, 5.74) is 2.93. The number of benzene rings is 2. The topological polar surface area (TPSA) is 17.1 Å². The minimum Gasteiger partial charge on any atom is -0.293 e. The fraction of sp³-hybridized carbons (Fsp3) is 0.150. The van der Waals surface area contributed by atoms with Crippen LogP contribution >= 0.6 is 11.3 Å². The van der Waals surface area contributed by atoms with Crippen LogP contribution in [0.2, 0.25) is 0 Å². The Balaban J connectivity index is 2.26. The summed E-state index contributed by atoms with van der Waals surface area (Å²) in [6, 6.07) is 13.1. The molecule has 0 unspecified atom stereocenters. The summed E-state index contributed by atoms with van der Waals surface area (Å²) < 4.78 is 27.4. The summed E-state index contributed by atoms with van der Waals surface area (Å²) in [6.45, 7) is 3.69. The maximum atomic E-state index is 14.2. The van der Waals surface area contributed by atoms with Gasteiger partial charge in [-0.15, -0.1) is 11.3 Å². The second kappa shape index (κ2) is 6.65. The zero-order chi connectivity index (χ0) is 17.3. The number of hydrogen-bond donors (Lipinski definition) is 0. The summed E-state index contributed by atoms with van der Waals surface area (Å²) >= 11 is 1.27. The van der Waals surface area contributed by atoms with Crippen LogP contribution in [-0.2, 0) is 0 Å². The van der Waals surface area contributed by atoms with E-state index in [0.29, 0.717) is 21.7 Å². The molecule has 0 atom stereocenters. The number of Topliss-reactive ketones (excluding diaryl/α,β-unsaturated/α-hetero) is 1. The zero-order valence-electron chi connectivity index (χ0n) is 13.4. The lowest BCUT2D eigenvalue weighted by Gasteiger charge is -2.05. The molecular formula is C20H16F2OS. The molecule has 0 bridgehead atoms. The van der Waals surface area contributed by atoms with E-state index in [-0.39, 0.29) is 5.78 Å². The quantitative estimate of drug-likeness (QED) is 0.511. The lowest BCUT2D eigenvalue weighted by atomic mass is 9.97. The van der Waals surface area contributed by atoms with Gasteiger partial charge in [0.2, 0.25) is 0 Å². The summed E-state index contributed by atoms with van der Waals surface area (Å²) in [6.07, 6.45) is 0.380. The second-order valence-electron chi connectivity index (χ2n) is 5.53. The number of thiophene rings is 1. The van der Waals surface area contributed by atoms with Gasteiger partial charge < -0.3 is 0 Å². The van der Waals surface area contributed by atoms with E-state index in [9.17, 15) is 13.6 Å². The van der Waals surface area contributed by atoms with E-state index in [4.69, 9.17) is 0 Å². The van der Waals surface area contributed by atoms with Crippen molar-refractivity contribution in [2.45, 2.75) is 20.3 Å². The largest absolute Gasteiger partial charge is 0.293 e. The monoisotopic (exact) mass is 342 g/mol. The molecule has 3 aromatic rings. The summed E-state index contributed by atoms with van der Waals surface area (Å²) in [4.78, 5) is 13.7.